The van der Waals surface area contributed by atoms with Crippen molar-refractivity contribution >= 4 is 12.2 Å². The lowest BCUT2D eigenvalue weighted by atomic mass is 10.3. The quantitative estimate of drug-likeness (QED) is 0.747. The van der Waals surface area contributed by atoms with Crippen LogP contribution in [0, 0.1) is 0 Å². The van der Waals surface area contributed by atoms with Gasteiger partial charge < -0.3 is 10.5 Å². The third-order valence-corrected chi connectivity index (χ3v) is 1.32. The van der Waals surface area contributed by atoms with Crippen LogP contribution in [0.3, 0.4) is 0 Å². The fraction of sp³-hybridized carbons (Fsp3) is 0.111. The number of hydrogen-bond donors (Lipinski definition) is 1. The first-order valence-electron chi connectivity index (χ1n) is 3.78. The number of ether oxygens (including phenoxy) is 1. The van der Waals surface area contributed by atoms with Crippen molar-refractivity contribution in [2.45, 2.75) is 6.92 Å². The van der Waals surface area contributed by atoms with Crippen molar-refractivity contribution in [2.24, 2.45) is 5.73 Å². The highest BCUT2D eigenvalue weighted by atomic mass is 16.6. The molecule has 1 aromatic rings. The third kappa shape index (κ3) is 2.94. The second-order valence-corrected chi connectivity index (χ2v) is 2.35. The average molecular weight is 178 g/mol. The molecule has 0 atom stereocenters. The smallest absolute Gasteiger partial charge is 0.391 e. The number of aromatic nitrogens is 1. The highest BCUT2D eigenvalue weighted by Crippen LogP contribution is 2.08. The molecule has 4 nitrogen and oxygen atoms in total. The van der Waals surface area contributed by atoms with Gasteiger partial charge in [-0.3, -0.25) is 0 Å². The molecule has 4 heteroatoms. The van der Waals surface area contributed by atoms with Crippen LogP contribution in [-0.2, 0) is 0 Å². The molecule has 1 rings (SSSR count). The van der Waals surface area contributed by atoms with Gasteiger partial charge in [-0.05, 0) is 18.6 Å². The number of carbonyl (C=O) groups excluding carboxylic acids is 1. The van der Waals surface area contributed by atoms with Crippen LogP contribution in [0.4, 0.5) is 4.79 Å². The summed E-state index contributed by atoms with van der Waals surface area (Å²) in [5.41, 5.74) is 5.75. The predicted molar refractivity (Wildman–Crippen MR) is 49.2 cm³/mol. The Balaban J connectivity index is 2.75. The molecule has 0 aromatic carbocycles. The molecule has 0 aliphatic heterocycles. The van der Waals surface area contributed by atoms with Gasteiger partial charge in [0.05, 0.1) is 0 Å². The molecule has 0 aliphatic carbocycles. The van der Waals surface area contributed by atoms with Crippen LogP contribution in [-0.4, -0.2) is 11.1 Å². The van der Waals surface area contributed by atoms with E-state index < -0.39 is 6.09 Å². The van der Waals surface area contributed by atoms with Gasteiger partial charge in [-0.1, -0.05) is 12.2 Å². The molecule has 0 aliphatic rings. The number of pyridine rings is 1. The average Bonchev–Trinajstić information content (AvgIpc) is 2.08. The van der Waals surface area contributed by atoms with Crippen molar-refractivity contribution in [3.05, 3.63) is 30.0 Å². The number of amides is 1. The second-order valence-electron chi connectivity index (χ2n) is 2.35. The van der Waals surface area contributed by atoms with Gasteiger partial charge in [0, 0.05) is 12.3 Å². The molecule has 0 fully saturated rings. The van der Waals surface area contributed by atoms with Crippen molar-refractivity contribution in [3.63, 3.8) is 0 Å². The summed E-state index contributed by atoms with van der Waals surface area (Å²) in [5, 5.41) is 0. The van der Waals surface area contributed by atoms with Crippen LogP contribution in [0.1, 0.15) is 12.5 Å². The van der Waals surface area contributed by atoms with E-state index in [2.05, 4.69) is 9.72 Å². The first-order valence-corrected chi connectivity index (χ1v) is 3.78. The summed E-state index contributed by atoms with van der Waals surface area (Å²) in [7, 11) is 0. The molecule has 0 spiro atoms. The highest BCUT2D eigenvalue weighted by Gasteiger charge is 1.98. The molecule has 68 valence electrons. The SMILES string of the molecule is C/C=C\c1ccc(OC(N)=O)nc1. The Bertz CT molecular complexity index is 317. The van der Waals surface area contributed by atoms with Crippen LogP contribution < -0.4 is 10.5 Å². The van der Waals surface area contributed by atoms with Crippen LogP contribution >= 0.6 is 0 Å². The Morgan fingerprint density at radius 3 is 2.85 bits per heavy atom. The van der Waals surface area contributed by atoms with E-state index in [4.69, 9.17) is 5.73 Å². The lowest BCUT2D eigenvalue weighted by molar-refractivity contribution is 0.209. The van der Waals surface area contributed by atoms with Gasteiger partial charge in [0.25, 0.3) is 0 Å². The summed E-state index contributed by atoms with van der Waals surface area (Å²) in [4.78, 5) is 14.2. The summed E-state index contributed by atoms with van der Waals surface area (Å²) in [6, 6.07) is 3.37. The maximum absolute atomic E-state index is 10.3. The highest BCUT2D eigenvalue weighted by molar-refractivity contribution is 5.67. The molecule has 1 heterocycles. The van der Waals surface area contributed by atoms with E-state index in [1.807, 2.05) is 19.1 Å². The number of allylic oxidation sites excluding steroid dienone is 1. The minimum Gasteiger partial charge on any atom is -0.391 e. The van der Waals surface area contributed by atoms with Crippen LogP contribution in [0.5, 0.6) is 5.88 Å². The van der Waals surface area contributed by atoms with Gasteiger partial charge in [-0.25, -0.2) is 9.78 Å². The van der Waals surface area contributed by atoms with E-state index >= 15 is 0 Å². The van der Waals surface area contributed by atoms with E-state index in [9.17, 15) is 4.79 Å². The summed E-state index contributed by atoms with van der Waals surface area (Å²) in [5.74, 6) is 0.209. The van der Waals surface area contributed by atoms with Crippen LogP contribution in [0.25, 0.3) is 6.08 Å². The molecule has 0 bridgehead atoms. The molecule has 0 saturated heterocycles. The monoisotopic (exact) mass is 178 g/mol. The Kier molecular flexibility index (Phi) is 3.03. The topological polar surface area (TPSA) is 65.2 Å². The van der Waals surface area contributed by atoms with Gasteiger partial charge in [0.2, 0.25) is 5.88 Å². The third-order valence-electron chi connectivity index (χ3n) is 1.32. The Hall–Kier alpha value is -1.84. The molecule has 0 radical (unpaired) electrons. The van der Waals surface area contributed by atoms with Crippen LogP contribution in [0.15, 0.2) is 24.4 Å². The fourth-order valence-corrected chi connectivity index (χ4v) is 0.846. The van der Waals surface area contributed by atoms with E-state index in [1.54, 1.807) is 18.3 Å². The van der Waals surface area contributed by atoms with Gasteiger partial charge in [-0.15, -0.1) is 0 Å². The number of carbonyl (C=O) groups is 1. The summed E-state index contributed by atoms with van der Waals surface area (Å²) in [6.45, 7) is 1.91. The lowest BCUT2D eigenvalue weighted by Crippen LogP contribution is -2.16. The van der Waals surface area contributed by atoms with Crippen molar-refractivity contribution in [3.8, 4) is 5.88 Å². The lowest BCUT2D eigenvalue weighted by Gasteiger charge is -1.98. The minimum atomic E-state index is -0.855. The summed E-state index contributed by atoms with van der Waals surface area (Å²) < 4.78 is 4.55. The molecule has 1 aromatic heterocycles. The molecule has 0 unspecified atom stereocenters. The largest absolute Gasteiger partial charge is 0.411 e. The van der Waals surface area contributed by atoms with Crippen molar-refractivity contribution in [2.75, 3.05) is 0 Å². The van der Waals surface area contributed by atoms with E-state index in [0.29, 0.717) is 0 Å². The zero-order valence-electron chi connectivity index (χ0n) is 7.23. The van der Waals surface area contributed by atoms with Crippen molar-refractivity contribution in [1.82, 2.24) is 4.98 Å². The fourth-order valence-electron chi connectivity index (χ4n) is 0.846. The normalized spacial score (nSPS) is 10.2. The van der Waals surface area contributed by atoms with Gasteiger partial charge >= 0.3 is 6.09 Å². The van der Waals surface area contributed by atoms with Crippen molar-refractivity contribution in [1.29, 1.82) is 0 Å². The Morgan fingerprint density at radius 1 is 1.62 bits per heavy atom. The van der Waals surface area contributed by atoms with Gasteiger partial charge in [0.1, 0.15) is 0 Å². The maximum atomic E-state index is 10.3. The minimum absolute atomic E-state index is 0.209. The first kappa shape index (κ1) is 9.25. The van der Waals surface area contributed by atoms with E-state index in [-0.39, 0.29) is 5.88 Å². The Labute approximate surface area is 76.0 Å². The van der Waals surface area contributed by atoms with E-state index in [1.165, 1.54) is 0 Å². The maximum Gasteiger partial charge on any atom is 0.411 e. The molecule has 1 amide bonds. The van der Waals surface area contributed by atoms with Crippen molar-refractivity contribution < 1.29 is 9.53 Å². The number of nitrogens with zero attached hydrogens (tertiary/aromatic N) is 1. The molecule has 2 N–H and O–H groups in total. The van der Waals surface area contributed by atoms with Crippen LogP contribution in [0.2, 0.25) is 0 Å². The van der Waals surface area contributed by atoms with Gasteiger partial charge in [-0.2, -0.15) is 0 Å². The predicted octanol–water partition coefficient (Wildman–Crippen LogP) is 1.57. The summed E-state index contributed by atoms with van der Waals surface area (Å²) >= 11 is 0. The number of rotatable bonds is 2. The second kappa shape index (κ2) is 4.25. The molecular formula is C9H10N2O2. The summed E-state index contributed by atoms with van der Waals surface area (Å²) in [6.07, 6.45) is 4.52. The number of hydrogen-bond acceptors (Lipinski definition) is 3. The van der Waals surface area contributed by atoms with Gasteiger partial charge in [0.15, 0.2) is 0 Å². The van der Waals surface area contributed by atoms with E-state index in [0.717, 1.165) is 5.56 Å². The molecule has 13 heavy (non-hydrogen) atoms. The standard InChI is InChI=1S/C9H10N2O2/c1-2-3-7-4-5-8(11-6-7)13-9(10)12/h2-6H,1H3,(H2,10,12)/b3-2-. The number of primary amides is 1. The Morgan fingerprint density at radius 2 is 2.38 bits per heavy atom. The zero-order valence-corrected chi connectivity index (χ0v) is 7.23. The number of nitrogens with two attached hydrogens (primary N) is 1. The zero-order chi connectivity index (χ0) is 9.68. The first-order chi connectivity index (χ1) is 6.22. The molecular weight excluding hydrogens is 168 g/mol. The molecule has 0 saturated carbocycles.